The predicted molar refractivity (Wildman–Crippen MR) is 73.6 cm³/mol. The summed E-state index contributed by atoms with van der Waals surface area (Å²) in [6.07, 6.45) is 3.47. The number of ether oxygens (including phenoxy) is 1. The van der Waals surface area contributed by atoms with Crippen LogP contribution < -0.4 is 5.32 Å². The van der Waals surface area contributed by atoms with Gasteiger partial charge in [0.25, 0.3) is 0 Å². The molecule has 3 nitrogen and oxygen atoms in total. The van der Waals surface area contributed by atoms with E-state index in [2.05, 4.69) is 31.1 Å². The predicted octanol–water partition coefficient (Wildman–Crippen LogP) is 3.06. The van der Waals surface area contributed by atoms with Crippen molar-refractivity contribution < 1.29 is 4.74 Å². The molecule has 4 heteroatoms. The Bertz CT molecular complexity index is 312. The minimum Gasteiger partial charge on any atom is -0.381 e. The minimum absolute atomic E-state index is 0.869. The number of hydrogen-bond donors (Lipinski definition) is 1. The lowest BCUT2D eigenvalue weighted by Gasteiger charge is -2.04. The highest BCUT2D eigenvalue weighted by atomic mass is 32.1. The highest BCUT2D eigenvalue weighted by Crippen LogP contribution is 2.16. The Morgan fingerprint density at radius 2 is 2.00 bits per heavy atom. The average Bonchev–Trinajstić information content (AvgIpc) is 2.61. The van der Waals surface area contributed by atoms with Gasteiger partial charge in [0.15, 0.2) is 0 Å². The number of rotatable bonds is 9. The van der Waals surface area contributed by atoms with Crippen molar-refractivity contribution in [3.63, 3.8) is 0 Å². The number of thiazole rings is 1. The van der Waals surface area contributed by atoms with Crippen LogP contribution in [0.3, 0.4) is 0 Å². The van der Waals surface area contributed by atoms with E-state index in [4.69, 9.17) is 4.74 Å². The zero-order chi connectivity index (χ0) is 12.5. The van der Waals surface area contributed by atoms with Crippen molar-refractivity contribution >= 4 is 11.3 Å². The summed E-state index contributed by atoms with van der Waals surface area (Å²) in [7, 11) is 0. The number of aryl methyl sites for hydroxylation is 2. The van der Waals surface area contributed by atoms with E-state index in [0.29, 0.717) is 0 Å². The molecular weight excluding hydrogens is 232 g/mol. The molecule has 1 N–H and O–H groups in total. The van der Waals surface area contributed by atoms with E-state index >= 15 is 0 Å². The molecule has 0 atom stereocenters. The third-order valence-corrected chi connectivity index (χ3v) is 3.64. The fourth-order valence-corrected chi connectivity index (χ4v) is 2.49. The zero-order valence-electron chi connectivity index (χ0n) is 11.2. The van der Waals surface area contributed by atoms with Crippen LogP contribution in [0.15, 0.2) is 0 Å². The molecule has 0 aliphatic rings. The van der Waals surface area contributed by atoms with Crippen LogP contribution in [0, 0.1) is 13.8 Å². The van der Waals surface area contributed by atoms with Crippen LogP contribution in [0.1, 0.15) is 41.8 Å². The first-order valence-corrected chi connectivity index (χ1v) is 7.27. The topological polar surface area (TPSA) is 34.1 Å². The van der Waals surface area contributed by atoms with E-state index in [1.807, 2.05) is 0 Å². The van der Waals surface area contributed by atoms with Gasteiger partial charge in [-0.15, -0.1) is 11.3 Å². The summed E-state index contributed by atoms with van der Waals surface area (Å²) in [5.74, 6) is 0. The maximum absolute atomic E-state index is 5.50. The van der Waals surface area contributed by atoms with Crippen LogP contribution in [0.4, 0.5) is 0 Å². The highest BCUT2D eigenvalue weighted by Gasteiger charge is 2.03. The SMILES string of the molecule is CCCCOCCCNCc1sc(C)nc1C. The van der Waals surface area contributed by atoms with Crippen LogP contribution in [0.2, 0.25) is 0 Å². The summed E-state index contributed by atoms with van der Waals surface area (Å²) in [5, 5.41) is 4.59. The largest absolute Gasteiger partial charge is 0.381 e. The monoisotopic (exact) mass is 256 g/mol. The van der Waals surface area contributed by atoms with Crippen molar-refractivity contribution in [2.75, 3.05) is 19.8 Å². The smallest absolute Gasteiger partial charge is 0.0900 e. The van der Waals surface area contributed by atoms with Gasteiger partial charge in [0.05, 0.1) is 10.7 Å². The van der Waals surface area contributed by atoms with Crippen molar-refractivity contribution in [3.05, 3.63) is 15.6 Å². The molecule has 0 unspecified atom stereocenters. The molecule has 1 rings (SSSR count). The van der Waals surface area contributed by atoms with Crippen molar-refractivity contribution in [1.29, 1.82) is 0 Å². The second kappa shape index (κ2) is 8.61. The molecule has 1 aromatic rings. The first-order chi connectivity index (χ1) is 8.24. The van der Waals surface area contributed by atoms with Gasteiger partial charge in [0.2, 0.25) is 0 Å². The van der Waals surface area contributed by atoms with Crippen molar-refractivity contribution in [3.8, 4) is 0 Å². The molecule has 98 valence electrons. The van der Waals surface area contributed by atoms with Gasteiger partial charge >= 0.3 is 0 Å². The van der Waals surface area contributed by atoms with Gasteiger partial charge in [-0.1, -0.05) is 13.3 Å². The van der Waals surface area contributed by atoms with Gasteiger partial charge in [-0.2, -0.15) is 0 Å². The number of hydrogen-bond acceptors (Lipinski definition) is 4. The molecular formula is C13H24N2OS. The van der Waals surface area contributed by atoms with Gasteiger partial charge in [0, 0.05) is 24.6 Å². The second-order valence-electron chi connectivity index (χ2n) is 4.24. The van der Waals surface area contributed by atoms with E-state index in [1.165, 1.54) is 23.4 Å². The molecule has 1 heterocycles. The van der Waals surface area contributed by atoms with E-state index in [1.54, 1.807) is 11.3 Å². The molecule has 17 heavy (non-hydrogen) atoms. The van der Waals surface area contributed by atoms with E-state index in [9.17, 15) is 0 Å². The van der Waals surface area contributed by atoms with Crippen LogP contribution in [0.5, 0.6) is 0 Å². The summed E-state index contributed by atoms with van der Waals surface area (Å²) in [5.41, 5.74) is 1.17. The standard InChI is InChI=1S/C13H24N2OS/c1-4-5-8-16-9-6-7-14-10-13-11(2)15-12(3)17-13/h14H,4-10H2,1-3H3. The molecule has 0 saturated heterocycles. The Labute approximate surface area is 109 Å². The fourth-order valence-electron chi connectivity index (χ4n) is 1.59. The summed E-state index contributed by atoms with van der Waals surface area (Å²) in [4.78, 5) is 5.77. The third kappa shape index (κ3) is 6.15. The number of nitrogens with one attached hydrogen (secondary N) is 1. The average molecular weight is 256 g/mol. The van der Waals surface area contributed by atoms with Gasteiger partial charge in [-0.25, -0.2) is 4.98 Å². The van der Waals surface area contributed by atoms with Crippen LogP contribution >= 0.6 is 11.3 Å². The van der Waals surface area contributed by atoms with Crippen molar-refractivity contribution in [2.24, 2.45) is 0 Å². The second-order valence-corrected chi connectivity index (χ2v) is 5.53. The van der Waals surface area contributed by atoms with Crippen LogP contribution in [-0.4, -0.2) is 24.7 Å². The van der Waals surface area contributed by atoms with E-state index < -0.39 is 0 Å². The molecule has 0 aliphatic carbocycles. The van der Waals surface area contributed by atoms with Crippen LogP contribution in [-0.2, 0) is 11.3 Å². The summed E-state index contributed by atoms with van der Waals surface area (Å²) in [6.45, 7) is 10.0. The van der Waals surface area contributed by atoms with Gasteiger partial charge in [-0.05, 0) is 33.2 Å². The maximum Gasteiger partial charge on any atom is 0.0900 e. The molecule has 0 fully saturated rings. The number of aromatic nitrogens is 1. The van der Waals surface area contributed by atoms with Gasteiger partial charge in [-0.3, -0.25) is 0 Å². The first kappa shape index (κ1) is 14.6. The van der Waals surface area contributed by atoms with Crippen molar-refractivity contribution in [2.45, 2.75) is 46.6 Å². The van der Waals surface area contributed by atoms with E-state index in [-0.39, 0.29) is 0 Å². The van der Waals surface area contributed by atoms with E-state index in [0.717, 1.165) is 37.7 Å². The summed E-state index contributed by atoms with van der Waals surface area (Å²) >= 11 is 1.78. The molecule has 1 aromatic heterocycles. The minimum atomic E-state index is 0.869. The quantitative estimate of drug-likeness (QED) is 0.690. The fraction of sp³-hybridized carbons (Fsp3) is 0.769. The van der Waals surface area contributed by atoms with Gasteiger partial charge < -0.3 is 10.1 Å². The summed E-state index contributed by atoms with van der Waals surface area (Å²) < 4.78 is 5.50. The van der Waals surface area contributed by atoms with Crippen LogP contribution in [0.25, 0.3) is 0 Å². The lowest BCUT2D eigenvalue weighted by atomic mass is 10.3. The molecule has 0 bridgehead atoms. The molecule has 0 aromatic carbocycles. The highest BCUT2D eigenvalue weighted by molar-refractivity contribution is 7.11. The summed E-state index contributed by atoms with van der Waals surface area (Å²) in [6, 6.07) is 0. The van der Waals surface area contributed by atoms with Crippen molar-refractivity contribution in [1.82, 2.24) is 10.3 Å². The third-order valence-electron chi connectivity index (χ3n) is 2.57. The molecule has 0 saturated carbocycles. The zero-order valence-corrected chi connectivity index (χ0v) is 12.0. The lowest BCUT2D eigenvalue weighted by Crippen LogP contribution is -2.16. The Morgan fingerprint density at radius 1 is 1.24 bits per heavy atom. The Hall–Kier alpha value is -0.450. The first-order valence-electron chi connectivity index (χ1n) is 6.45. The maximum atomic E-state index is 5.50. The Balaban J connectivity index is 1.99. The Kier molecular flexibility index (Phi) is 7.40. The van der Waals surface area contributed by atoms with Gasteiger partial charge in [0.1, 0.15) is 0 Å². The number of nitrogens with zero attached hydrogens (tertiary/aromatic N) is 1. The molecule has 0 aliphatic heterocycles. The molecule has 0 amide bonds. The Morgan fingerprint density at radius 3 is 2.65 bits per heavy atom. The molecule has 0 radical (unpaired) electrons. The molecule has 0 spiro atoms. The normalized spacial score (nSPS) is 11.0. The lowest BCUT2D eigenvalue weighted by molar-refractivity contribution is 0.129. The number of unbranched alkanes of at least 4 members (excludes halogenated alkanes) is 1.